The molecule has 0 saturated carbocycles. The molecule has 22 heavy (non-hydrogen) atoms. The topological polar surface area (TPSA) is 70.5 Å². The molecule has 0 radical (unpaired) electrons. The van der Waals surface area contributed by atoms with Crippen LogP contribution in [0.3, 0.4) is 0 Å². The summed E-state index contributed by atoms with van der Waals surface area (Å²) >= 11 is 2.24. The van der Waals surface area contributed by atoms with E-state index in [9.17, 15) is 9.50 Å². The molecule has 7 heteroatoms. The van der Waals surface area contributed by atoms with Crippen molar-refractivity contribution < 1.29 is 14.2 Å². The Kier molecular flexibility index (Phi) is 6.32. The minimum absolute atomic E-state index is 0.248. The number of hydrogen-bond donors (Lipinski definition) is 2. The van der Waals surface area contributed by atoms with Crippen LogP contribution in [0.5, 0.6) is 5.75 Å². The maximum absolute atomic E-state index is 13.1. The van der Waals surface area contributed by atoms with E-state index < -0.39 is 0 Å². The summed E-state index contributed by atoms with van der Waals surface area (Å²) in [6.45, 7) is 4.22. The van der Waals surface area contributed by atoms with Gasteiger partial charge in [-0.3, -0.25) is 10.1 Å². The highest BCUT2D eigenvalue weighted by Gasteiger charge is 2.10. The highest BCUT2D eigenvalue weighted by atomic mass is 127. The maximum atomic E-state index is 13.1. The van der Waals surface area contributed by atoms with Gasteiger partial charge in [0.05, 0.1) is 34.7 Å². The maximum Gasteiger partial charge on any atom is 0.125 e. The first-order valence-electron chi connectivity index (χ1n) is 6.82. The molecule has 0 bridgehead atoms. The van der Waals surface area contributed by atoms with Gasteiger partial charge in [0.15, 0.2) is 0 Å². The number of aromatic amines is 1. The van der Waals surface area contributed by atoms with Crippen molar-refractivity contribution >= 4 is 29.3 Å². The quantitative estimate of drug-likeness (QED) is 0.394. The number of aryl methyl sites for hydroxylation is 1. The van der Waals surface area contributed by atoms with E-state index in [2.05, 4.69) is 44.5 Å². The number of H-pyrrole nitrogens is 1. The molecule has 0 atom stereocenters. The van der Waals surface area contributed by atoms with Crippen LogP contribution in [-0.2, 0) is 19.6 Å². The fraction of sp³-hybridized carbons (Fsp3) is 0.333. The average Bonchev–Trinajstić information content (AvgIpc) is 2.86. The monoisotopic (exact) mass is 417 g/mol. The van der Waals surface area contributed by atoms with E-state index in [1.807, 2.05) is 0 Å². The molecular weight excluding hydrogens is 400 g/mol. The Hall–Kier alpha value is -1.48. The number of nitrogens with one attached hydrogen (secondary N) is 1. The van der Waals surface area contributed by atoms with E-state index in [-0.39, 0.29) is 12.4 Å². The molecule has 2 rings (SSSR count). The van der Waals surface area contributed by atoms with Gasteiger partial charge in [0.25, 0.3) is 0 Å². The summed E-state index contributed by atoms with van der Waals surface area (Å²) in [5, 5.41) is 16.4. The lowest BCUT2D eigenvalue weighted by Crippen LogP contribution is -2.03. The van der Waals surface area contributed by atoms with Gasteiger partial charge >= 0.3 is 0 Å². The molecule has 0 fully saturated rings. The number of aliphatic imine (C=N–C) groups is 1. The molecule has 2 N–H and O–H groups in total. The molecule has 0 aliphatic heterocycles. The van der Waals surface area contributed by atoms with Gasteiger partial charge in [-0.2, -0.15) is 5.10 Å². The lowest BCUT2D eigenvalue weighted by Gasteiger charge is -2.09. The van der Waals surface area contributed by atoms with E-state index in [0.717, 1.165) is 27.8 Å². The van der Waals surface area contributed by atoms with E-state index in [1.54, 1.807) is 0 Å². The summed E-state index contributed by atoms with van der Waals surface area (Å²) in [6, 6.07) is 4.13. The van der Waals surface area contributed by atoms with Crippen LogP contribution < -0.4 is 4.74 Å². The second-order valence-electron chi connectivity index (χ2n) is 4.71. The predicted octanol–water partition coefficient (Wildman–Crippen LogP) is 2.86. The highest BCUT2D eigenvalue weighted by Crippen LogP contribution is 2.21. The van der Waals surface area contributed by atoms with Crippen molar-refractivity contribution in [1.29, 1.82) is 0 Å². The van der Waals surface area contributed by atoms with Crippen molar-refractivity contribution in [3.05, 3.63) is 44.5 Å². The molecule has 5 nitrogen and oxygen atoms in total. The summed E-state index contributed by atoms with van der Waals surface area (Å²) in [5.41, 5.74) is 2.39. The van der Waals surface area contributed by atoms with E-state index >= 15 is 0 Å². The minimum Gasteiger partial charge on any atom is -0.493 e. The van der Waals surface area contributed by atoms with Gasteiger partial charge in [0.2, 0.25) is 0 Å². The third-order valence-electron chi connectivity index (χ3n) is 3.12. The molecular formula is C15H17FIN3O2. The van der Waals surface area contributed by atoms with Gasteiger partial charge in [-0.05, 0) is 60.3 Å². The zero-order valence-corrected chi connectivity index (χ0v) is 14.1. The molecule has 0 unspecified atom stereocenters. The Bertz CT molecular complexity index is 646. The summed E-state index contributed by atoms with van der Waals surface area (Å²) < 4.78 is 19.7. The van der Waals surface area contributed by atoms with Gasteiger partial charge in [0, 0.05) is 5.56 Å². The number of hydrogen-bond acceptors (Lipinski definition) is 4. The number of aromatic nitrogens is 2. The molecule has 0 saturated heterocycles. The van der Waals surface area contributed by atoms with E-state index in [0.29, 0.717) is 24.5 Å². The fourth-order valence-electron chi connectivity index (χ4n) is 2.02. The molecule has 2 aromatic rings. The third-order valence-corrected chi connectivity index (χ3v) is 4.40. The van der Waals surface area contributed by atoms with Gasteiger partial charge < -0.3 is 9.84 Å². The first-order chi connectivity index (χ1) is 10.7. The Labute approximate surface area is 141 Å². The van der Waals surface area contributed by atoms with Gasteiger partial charge in [-0.1, -0.05) is 0 Å². The van der Waals surface area contributed by atoms with Crippen LogP contribution in [-0.4, -0.2) is 28.6 Å². The molecule has 0 spiro atoms. The number of rotatable bonds is 8. The van der Waals surface area contributed by atoms with Crippen molar-refractivity contribution in [2.75, 3.05) is 6.61 Å². The van der Waals surface area contributed by atoms with Crippen LogP contribution in [0, 0.1) is 9.39 Å². The van der Waals surface area contributed by atoms with Crippen molar-refractivity contribution in [1.82, 2.24) is 10.2 Å². The molecule has 1 aromatic heterocycles. The molecule has 0 aliphatic rings. The fourth-order valence-corrected chi connectivity index (χ4v) is 2.71. The lowest BCUT2D eigenvalue weighted by molar-refractivity contribution is 0.260. The Morgan fingerprint density at radius 1 is 1.45 bits per heavy atom. The number of nitrogens with zero attached hydrogens (tertiary/aromatic N) is 2. The lowest BCUT2D eigenvalue weighted by atomic mass is 10.2. The number of aliphatic hydroxyl groups is 1. The van der Waals surface area contributed by atoms with Crippen molar-refractivity contribution in [3.63, 3.8) is 0 Å². The highest BCUT2D eigenvalue weighted by molar-refractivity contribution is 14.1. The van der Waals surface area contributed by atoms with Crippen LogP contribution in [0.2, 0.25) is 0 Å². The van der Waals surface area contributed by atoms with Gasteiger partial charge in [-0.25, -0.2) is 4.39 Å². The smallest absolute Gasteiger partial charge is 0.125 e. The average molecular weight is 417 g/mol. The van der Waals surface area contributed by atoms with Crippen LogP contribution >= 0.6 is 22.6 Å². The zero-order valence-electron chi connectivity index (χ0n) is 12.0. The number of halogens is 2. The van der Waals surface area contributed by atoms with Gasteiger partial charge in [-0.15, -0.1) is 0 Å². The van der Waals surface area contributed by atoms with E-state index in [1.165, 1.54) is 18.2 Å². The Morgan fingerprint density at radius 2 is 2.27 bits per heavy atom. The minimum atomic E-state index is -0.383. The largest absolute Gasteiger partial charge is 0.493 e. The summed E-state index contributed by atoms with van der Waals surface area (Å²) in [5.74, 6) is 0.128. The van der Waals surface area contributed by atoms with Crippen LogP contribution in [0.25, 0.3) is 0 Å². The standard InChI is InChI=1S/C15H17FIN3O2/c1-18-8-13-15(17)12(19-20-13)3-2-6-22-14-5-4-11(16)7-10(14)9-21/h4-5,7,21H,1-3,6,8-9H2,(H,19,20). The molecule has 118 valence electrons. The first-order valence-corrected chi connectivity index (χ1v) is 7.89. The molecule has 1 aromatic carbocycles. The number of benzene rings is 1. The first kappa shape index (κ1) is 16.9. The normalized spacial score (nSPS) is 10.7. The van der Waals surface area contributed by atoms with Crippen LogP contribution in [0.4, 0.5) is 4.39 Å². The van der Waals surface area contributed by atoms with Crippen molar-refractivity contribution in [2.24, 2.45) is 4.99 Å². The molecule has 0 amide bonds. The SMILES string of the molecule is C=NCc1[nH]nc(CCCOc2ccc(F)cc2CO)c1I. The van der Waals surface area contributed by atoms with Crippen molar-refractivity contribution in [3.8, 4) is 5.75 Å². The number of ether oxygens (including phenoxy) is 1. The van der Waals surface area contributed by atoms with E-state index in [4.69, 9.17) is 4.74 Å². The number of aliphatic hydroxyl groups excluding tert-OH is 1. The van der Waals surface area contributed by atoms with Crippen LogP contribution in [0.1, 0.15) is 23.4 Å². The summed E-state index contributed by atoms with van der Waals surface area (Å²) in [4.78, 5) is 3.84. The van der Waals surface area contributed by atoms with Gasteiger partial charge in [0.1, 0.15) is 11.6 Å². The second-order valence-corrected chi connectivity index (χ2v) is 5.79. The zero-order chi connectivity index (χ0) is 15.9. The van der Waals surface area contributed by atoms with Crippen LogP contribution in [0.15, 0.2) is 23.2 Å². The Balaban J connectivity index is 1.86. The van der Waals surface area contributed by atoms with Crippen molar-refractivity contribution in [2.45, 2.75) is 26.0 Å². The predicted molar refractivity (Wildman–Crippen MR) is 90.7 cm³/mol. The second kappa shape index (κ2) is 8.23. The summed E-state index contributed by atoms with van der Waals surface area (Å²) in [6.07, 6.45) is 1.53. The molecule has 1 heterocycles. The molecule has 0 aliphatic carbocycles. The Morgan fingerprint density at radius 3 is 3.00 bits per heavy atom. The summed E-state index contributed by atoms with van der Waals surface area (Å²) in [7, 11) is 0. The third kappa shape index (κ3) is 4.26.